The molecule has 0 saturated carbocycles. The van der Waals surface area contributed by atoms with Gasteiger partial charge in [0.1, 0.15) is 11.6 Å². The summed E-state index contributed by atoms with van der Waals surface area (Å²) in [6.07, 6.45) is 1.65. The van der Waals surface area contributed by atoms with Gasteiger partial charge in [-0.25, -0.2) is 14.2 Å². The van der Waals surface area contributed by atoms with Crippen LogP contribution < -0.4 is 10.1 Å². The number of ether oxygens (including phenoxy) is 1. The minimum absolute atomic E-state index is 0.0692. The molecule has 0 spiro atoms. The number of aromatic nitrogens is 1. The number of hydrogen-bond acceptors (Lipinski definition) is 4. The van der Waals surface area contributed by atoms with E-state index in [9.17, 15) is 9.18 Å². The van der Waals surface area contributed by atoms with Crippen LogP contribution in [0.4, 0.5) is 9.18 Å². The first-order valence-electron chi connectivity index (χ1n) is 10.7. The molecule has 1 aliphatic rings. The van der Waals surface area contributed by atoms with Crippen molar-refractivity contribution in [1.29, 1.82) is 0 Å². The van der Waals surface area contributed by atoms with E-state index in [0.717, 1.165) is 25.2 Å². The number of nitrogens with zero attached hydrogens (tertiary/aromatic N) is 3. The fourth-order valence-electron chi connectivity index (χ4n) is 3.69. The van der Waals surface area contributed by atoms with Gasteiger partial charge in [-0.3, -0.25) is 4.90 Å². The molecule has 32 heavy (non-hydrogen) atoms. The molecule has 1 aromatic heterocycles. The molecule has 1 saturated heterocycles. The molecular weight excluding hydrogens is 407 g/mol. The zero-order valence-corrected chi connectivity index (χ0v) is 18.1. The predicted molar refractivity (Wildman–Crippen MR) is 121 cm³/mol. The van der Waals surface area contributed by atoms with Gasteiger partial charge in [0.15, 0.2) is 0 Å². The number of aryl methyl sites for hydroxylation is 1. The summed E-state index contributed by atoms with van der Waals surface area (Å²) in [7, 11) is 0. The normalized spacial score (nSPS) is 14.2. The topological polar surface area (TPSA) is 57.7 Å². The number of nitrogens with one attached hydrogen (secondary N) is 1. The van der Waals surface area contributed by atoms with E-state index >= 15 is 0 Å². The van der Waals surface area contributed by atoms with E-state index in [-0.39, 0.29) is 11.8 Å². The number of piperazine rings is 1. The maximum absolute atomic E-state index is 13.3. The minimum atomic E-state index is -0.363. The summed E-state index contributed by atoms with van der Waals surface area (Å²) in [5.74, 6) is 0.397. The van der Waals surface area contributed by atoms with Gasteiger partial charge in [-0.05, 0) is 30.2 Å². The van der Waals surface area contributed by atoms with Crippen LogP contribution in [0.2, 0.25) is 0 Å². The van der Waals surface area contributed by atoms with E-state index in [4.69, 9.17) is 4.74 Å². The zero-order valence-electron chi connectivity index (χ0n) is 18.1. The fourth-order valence-corrected chi connectivity index (χ4v) is 3.69. The molecule has 7 heteroatoms. The second-order valence-corrected chi connectivity index (χ2v) is 7.98. The monoisotopic (exact) mass is 434 g/mol. The van der Waals surface area contributed by atoms with Crippen LogP contribution in [-0.4, -0.2) is 47.0 Å². The van der Waals surface area contributed by atoms with Gasteiger partial charge >= 0.3 is 6.03 Å². The van der Waals surface area contributed by atoms with Crippen molar-refractivity contribution in [3.8, 4) is 11.6 Å². The van der Waals surface area contributed by atoms with Gasteiger partial charge < -0.3 is 15.0 Å². The maximum Gasteiger partial charge on any atom is 0.317 e. The quantitative estimate of drug-likeness (QED) is 0.627. The van der Waals surface area contributed by atoms with Crippen LogP contribution in [0.15, 0.2) is 66.9 Å². The third-order valence-corrected chi connectivity index (χ3v) is 5.41. The third kappa shape index (κ3) is 6.04. The van der Waals surface area contributed by atoms with Crippen LogP contribution >= 0.6 is 0 Å². The molecule has 1 N–H and O–H groups in total. The number of halogens is 1. The van der Waals surface area contributed by atoms with E-state index in [1.54, 1.807) is 24.4 Å². The van der Waals surface area contributed by atoms with Crippen molar-refractivity contribution < 1.29 is 13.9 Å². The Kier molecular flexibility index (Phi) is 6.97. The first-order chi connectivity index (χ1) is 15.5. The molecule has 3 aromatic rings. The van der Waals surface area contributed by atoms with Crippen molar-refractivity contribution in [2.75, 3.05) is 26.2 Å². The summed E-state index contributed by atoms with van der Waals surface area (Å²) in [5, 5.41) is 2.96. The minimum Gasteiger partial charge on any atom is -0.439 e. The Morgan fingerprint density at radius 2 is 1.84 bits per heavy atom. The highest BCUT2D eigenvalue weighted by atomic mass is 19.1. The Balaban J connectivity index is 1.21. The number of carbonyl (C=O) groups excluding carboxylic acids is 1. The van der Waals surface area contributed by atoms with Crippen LogP contribution in [0, 0.1) is 12.7 Å². The molecule has 1 fully saturated rings. The van der Waals surface area contributed by atoms with Crippen LogP contribution in [0.5, 0.6) is 11.6 Å². The molecule has 2 amide bonds. The first kappa shape index (κ1) is 21.8. The molecule has 2 aromatic carbocycles. The first-order valence-corrected chi connectivity index (χ1v) is 10.7. The van der Waals surface area contributed by atoms with Crippen molar-refractivity contribution in [3.63, 3.8) is 0 Å². The molecule has 0 unspecified atom stereocenters. The molecule has 2 heterocycles. The second-order valence-electron chi connectivity index (χ2n) is 7.98. The molecule has 0 radical (unpaired) electrons. The van der Waals surface area contributed by atoms with E-state index < -0.39 is 0 Å². The standard InChI is InChI=1S/C25H27FN4O2/c1-19-4-2-5-20(14-19)18-29-10-12-30(13-11-29)25(31)28-17-21-8-9-24(27-16-21)32-23-7-3-6-22(26)15-23/h2-9,14-16H,10-13,17-18H2,1H3,(H,28,31). The number of pyridine rings is 1. The van der Waals surface area contributed by atoms with Gasteiger partial charge in [0.2, 0.25) is 5.88 Å². The number of rotatable bonds is 6. The zero-order chi connectivity index (χ0) is 22.3. The average molecular weight is 435 g/mol. The van der Waals surface area contributed by atoms with Gasteiger partial charge in [0.25, 0.3) is 0 Å². The summed E-state index contributed by atoms with van der Waals surface area (Å²) in [4.78, 5) is 21.0. The number of amides is 2. The number of urea groups is 1. The van der Waals surface area contributed by atoms with Crippen LogP contribution in [0.3, 0.4) is 0 Å². The Labute approximate surface area is 187 Å². The number of benzene rings is 2. The Morgan fingerprint density at radius 1 is 1.03 bits per heavy atom. The third-order valence-electron chi connectivity index (χ3n) is 5.41. The summed E-state index contributed by atoms with van der Waals surface area (Å²) < 4.78 is 18.8. The Bertz CT molecular complexity index is 1050. The highest BCUT2D eigenvalue weighted by molar-refractivity contribution is 5.74. The molecule has 4 rings (SSSR count). The lowest BCUT2D eigenvalue weighted by Gasteiger charge is -2.34. The summed E-state index contributed by atoms with van der Waals surface area (Å²) >= 11 is 0. The van der Waals surface area contributed by atoms with Crippen LogP contribution in [0.1, 0.15) is 16.7 Å². The van der Waals surface area contributed by atoms with E-state index in [0.29, 0.717) is 31.3 Å². The van der Waals surface area contributed by atoms with Crippen molar-refractivity contribution in [1.82, 2.24) is 20.1 Å². The lowest BCUT2D eigenvalue weighted by molar-refractivity contribution is 0.135. The maximum atomic E-state index is 13.3. The average Bonchev–Trinajstić information content (AvgIpc) is 2.79. The van der Waals surface area contributed by atoms with Crippen molar-refractivity contribution in [2.45, 2.75) is 20.0 Å². The van der Waals surface area contributed by atoms with Gasteiger partial charge in [0.05, 0.1) is 0 Å². The Morgan fingerprint density at radius 3 is 2.56 bits per heavy atom. The van der Waals surface area contributed by atoms with Crippen LogP contribution in [-0.2, 0) is 13.1 Å². The SMILES string of the molecule is Cc1cccc(CN2CCN(C(=O)NCc3ccc(Oc4cccc(F)c4)nc3)CC2)c1. The summed E-state index contributed by atoms with van der Waals surface area (Å²) in [6, 6.07) is 17.9. The van der Waals surface area contributed by atoms with Gasteiger partial charge in [0, 0.05) is 57.6 Å². The lowest BCUT2D eigenvalue weighted by Crippen LogP contribution is -2.51. The second kappa shape index (κ2) is 10.2. The highest BCUT2D eigenvalue weighted by Crippen LogP contribution is 2.20. The van der Waals surface area contributed by atoms with Gasteiger partial charge in [-0.1, -0.05) is 42.0 Å². The van der Waals surface area contributed by atoms with Crippen LogP contribution in [0.25, 0.3) is 0 Å². The number of carbonyl (C=O) groups is 1. The summed E-state index contributed by atoms with van der Waals surface area (Å²) in [5.41, 5.74) is 3.44. The fraction of sp³-hybridized carbons (Fsp3) is 0.280. The largest absolute Gasteiger partial charge is 0.439 e. The van der Waals surface area contributed by atoms with Crippen molar-refractivity contribution >= 4 is 6.03 Å². The smallest absolute Gasteiger partial charge is 0.317 e. The molecule has 0 aliphatic carbocycles. The van der Waals surface area contributed by atoms with E-state index in [2.05, 4.69) is 46.4 Å². The molecule has 0 atom stereocenters. The lowest BCUT2D eigenvalue weighted by atomic mass is 10.1. The molecular formula is C25H27FN4O2. The molecule has 166 valence electrons. The predicted octanol–water partition coefficient (Wildman–Crippen LogP) is 4.35. The van der Waals surface area contributed by atoms with Crippen molar-refractivity contribution in [2.24, 2.45) is 0 Å². The van der Waals surface area contributed by atoms with Crippen molar-refractivity contribution in [3.05, 3.63) is 89.4 Å². The van der Waals surface area contributed by atoms with E-state index in [1.807, 2.05) is 11.0 Å². The highest BCUT2D eigenvalue weighted by Gasteiger charge is 2.21. The Hall–Kier alpha value is -3.45. The van der Waals surface area contributed by atoms with Gasteiger partial charge in [-0.15, -0.1) is 0 Å². The molecule has 1 aliphatic heterocycles. The number of hydrogen-bond donors (Lipinski definition) is 1. The molecule has 0 bridgehead atoms. The van der Waals surface area contributed by atoms with E-state index in [1.165, 1.54) is 23.3 Å². The summed E-state index contributed by atoms with van der Waals surface area (Å²) in [6.45, 7) is 6.52. The van der Waals surface area contributed by atoms with Gasteiger partial charge in [-0.2, -0.15) is 0 Å². The molecule has 6 nitrogen and oxygen atoms in total.